The number of hydrogen-bond donors (Lipinski definition) is 1. The molecule has 1 aliphatic heterocycles. The topological polar surface area (TPSA) is 75.9 Å². The Labute approximate surface area is 152 Å². The SMILES string of the molecule is CN(CCC1CCN(C(=O)OC(C)(C)C)CC1)C1(C(N)=O)CCCC1. The summed E-state index contributed by atoms with van der Waals surface area (Å²) in [5.41, 5.74) is 4.83. The number of ether oxygens (including phenoxy) is 1. The molecule has 1 saturated carbocycles. The Morgan fingerprint density at radius 2 is 1.76 bits per heavy atom. The van der Waals surface area contributed by atoms with E-state index in [9.17, 15) is 9.59 Å². The second kappa shape index (κ2) is 7.94. The maximum atomic E-state index is 12.1. The molecule has 0 bridgehead atoms. The van der Waals surface area contributed by atoms with Gasteiger partial charge in [0.2, 0.25) is 5.91 Å². The number of likely N-dealkylation sites (N-methyl/N-ethyl adjacent to an activating group) is 1. The number of amides is 2. The molecule has 2 rings (SSSR count). The summed E-state index contributed by atoms with van der Waals surface area (Å²) in [6, 6.07) is 0. The summed E-state index contributed by atoms with van der Waals surface area (Å²) in [5.74, 6) is 0.416. The molecule has 0 aromatic heterocycles. The van der Waals surface area contributed by atoms with E-state index in [0.717, 1.165) is 64.6 Å². The zero-order valence-electron chi connectivity index (χ0n) is 16.3. The Morgan fingerprint density at radius 3 is 2.24 bits per heavy atom. The number of nitrogens with zero attached hydrogens (tertiary/aromatic N) is 2. The number of hydrogen-bond acceptors (Lipinski definition) is 4. The predicted molar refractivity (Wildman–Crippen MR) is 98.2 cm³/mol. The maximum Gasteiger partial charge on any atom is 0.410 e. The van der Waals surface area contributed by atoms with Crippen LogP contribution < -0.4 is 5.73 Å². The van der Waals surface area contributed by atoms with Crippen molar-refractivity contribution in [1.82, 2.24) is 9.80 Å². The molecule has 2 fully saturated rings. The number of primary amides is 1. The van der Waals surface area contributed by atoms with E-state index < -0.39 is 11.1 Å². The molecule has 1 heterocycles. The van der Waals surface area contributed by atoms with Crippen molar-refractivity contribution in [2.75, 3.05) is 26.7 Å². The largest absolute Gasteiger partial charge is 0.444 e. The van der Waals surface area contributed by atoms with Crippen molar-refractivity contribution >= 4 is 12.0 Å². The average Bonchev–Trinajstić information content (AvgIpc) is 3.02. The van der Waals surface area contributed by atoms with E-state index in [1.807, 2.05) is 32.7 Å². The molecule has 0 spiro atoms. The molecule has 0 aromatic rings. The monoisotopic (exact) mass is 353 g/mol. The van der Waals surface area contributed by atoms with Crippen molar-refractivity contribution in [3.05, 3.63) is 0 Å². The Bertz CT molecular complexity index is 473. The van der Waals surface area contributed by atoms with Crippen molar-refractivity contribution in [3.63, 3.8) is 0 Å². The summed E-state index contributed by atoms with van der Waals surface area (Å²) in [4.78, 5) is 28.1. The first-order chi connectivity index (χ1) is 11.6. The van der Waals surface area contributed by atoms with Crippen LogP contribution in [0.4, 0.5) is 4.79 Å². The van der Waals surface area contributed by atoms with Gasteiger partial charge in [0, 0.05) is 13.1 Å². The van der Waals surface area contributed by atoms with Gasteiger partial charge in [-0.05, 0) is 72.4 Å². The summed E-state index contributed by atoms with van der Waals surface area (Å²) in [5, 5.41) is 0. The number of carbonyl (C=O) groups is 2. The van der Waals surface area contributed by atoms with E-state index in [-0.39, 0.29) is 12.0 Å². The highest BCUT2D eigenvalue weighted by Gasteiger charge is 2.43. The molecule has 1 aliphatic carbocycles. The van der Waals surface area contributed by atoms with Gasteiger partial charge in [0.15, 0.2) is 0 Å². The third-order valence-corrected chi connectivity index (χ3v) is 5.76. The summed E-state index contributed by atoms with van der Waals surface area (Å²) in [7, 11) is 2.03. The third kappa shape index (κ3) is 5.09. The van der Waals surface area contributed by atoms with Crippen LogP contribution in [0, 0.1) is 5.92 Å². The zero-order chi connectivity index (χ0) is 18.7. The third-order valence-electron chi connectivity index (χ3n) is 5.76. The van der Waals surface area contributed by atoms with E-state index in [1.165, 1.54) is 0 Å². The lowest BCUT2D eigenvalue weighted by Crippen LogP contribution is -2.54. The van der Waals surface area contributed by atoms with Gasteiger partial charge in [0.05, 0.1) is 5.54 Å². The normalized spacial score (nSPS) is 21.6. The van der Waals surface area contributed by atoms with Crippen molar-refractivity contribution in [3.8, 4) is 0 Å². The fourth-order valence-electron chi connectivity index (χ4n) is 4.10. The Kier molecular flexibility index (Phi) is 6.35. The molecule has 144 valence electrons. The Balaban J connectivity index is 1.77. The van der Waals surface area contributed by atoms with Crippen LogP contribution in [-0.4, -0.2) is 59.6 Å². The van der Waals surface area contributed by atoms with Crippen LogP contribution in [0.5, 0.6) is 0 Å². The van der Waals surface area contributed by atoms with Crippen molar-refractivity contribution < 1.29 is 14.3 Å². The van der Waals surface area contributed by atoms with Gasteiger partial charge in [-0.3, -0.25) is 9.69 Å². The molecular weight excluding hydrogens is 318 g/mol. The first-order valence-corrected chi connectivity index (χ1v) is 9.63. The molecular formula is C19H35N3O3. The van der Waals surface area contributed by atoms with Gasteiger partial charge < -0.3 is 15.4 Å². The van der Waals surface area contributed by atoms with Crippen LogP contribution in [-0.2, 0) is 9.53 Å². The summed E-state index contributed by atoms with van der Waals surface area (Å²) >= 11 is 0. The lowest BCUT2D eigenvalue weighted by Gasteiger charge is -2.38. The Morgan fingerprint density at radius 1 is 1.20 bits per heavy atom. The van der Waals surface area contributed by atoms with Crippen LogP contribution in [0.25, 0.3) is 0 Å². The zero-order valence-corrected chi connectivity index (χ0v) is 16.3. The van der Waals surface area contributed by atoms with Crippen LogP contribution in [0.1, 0.15) is 65.7 Å². The van der Waals surface area contributed by atoms with Crippen LogP contribution in [0.3, 0.4) is 0 Å². The van der Waals surface area contributed by atoms with Gasteiger partial charge in [0.1, 0.15) is 5.60 Å². The van der Waals surface area contributed by atoms with Gasteiger partial charge in [-0.2, -0.15) is 0 Å². The molecule has 25 heavy (non-hydrogen) atoms. The van der Waals surface area contributed by atoms with Crippen LogP contribution in [0.2, 0.25) is 0 Å². The first kappa shape index (κ1) is 20.0. The molecule has 2 amide bonds. The van der Waals surface area contributed by atoms with Crippen LogP contribution in [0.15, 0.2) is 0 Å². The first-order valence-electron chi connectivity index (χ1n) is 9.63. The molecule has 0 atom stereocenters. The van der Waals surface area contributed by atoms with E-state index in [4.69, 9.17) is 10.5 Å². The van der Waals surface area contributed by atoms with Crippen molar-refractivity contribution in [2.45, 2.75) is 76.9 Å². The second-order valence-electron chi connectivity index (χ2n) is 8.72. The highest BCUT2D eigenvalue weighted by molar-refractivity contribution is 5.85. The minimum absolute atomic E-state index is 0.174. The smallest absolute Gasteiger partial charge is 0.410 e. The number of carbonyl (C=O) groups excluding carboxylic acids is 2. The van der Waals surface area contributed by atoms with Crippen LogP contribution >= 0.6 is 0 Å². The van der Waals surface area contributed by atoms with E-state index in [0.29, 0.717) is 5.92 Å². The molecule has 0 unspecified atom stereocenters. The van der Waals surface area contributed by atoms with Gasteiger partial charge in [-0.1, -0.05) is 12.8 Å². The van der Waals surface area contributed by atoms with Crippen molar-refractivity contribution in [2.24, 2.45) is 11.7 Å². The fraction of sp³-hybridized carbons (Fsp3) is 0.895. The number of nitrogens with two attached hydrogens (primary N) is 1. The van der Waals surface area contributed by atoms with E-state index in [1.54, 1.807) is 0 Å². The summed E-state index contributed by atoms with van der Waals surface area (Å²) in [6.07, 6.45) is 6.78. The number of likely N-dealkylation sites (tertiary alicyclic amines) is 1. The molecule has 0 aromatic carbocycles. The standard InChI is InChI=1S/C19H35N3O3/c1-18(2,3)25-17(24)22-13-8-15(9-14-22)7-12-21(4)19(16(20)23)10-5-6-11-19/h15H,5-14H2,1-4H3,(H2,20,23). The molecule has 2 N–H and O–H groups in total. The van der Waals surface area contributed by atoms with Gasteiger partial charge in [-0.25, -0.2) is 4.79 Å². The molecule has 6 heteroatoms. The highest BCUT2D eigenvalue weighted by Crippen LogP contribution is 2.35. The lowest BCUT2D eigenvalue weighted by atomic mass is 9.90. The fourth-order valence-corrected chi connectivity index (χ4v) is 4.10. The minimum atomic E-state index is -0.443. The van der Waals surface area contributed by atoms with Crippen molar-refractivity contribution in [1.29, 1.82) is 0 Å². The molecule has 2 aliphatic rings. The second-order valence-corrected chi connectivity index (χ2v) is 8.72. The van der Waals surface area contributed by atoms with Gasteiger partial charge >= 0.3 is 6.09 Å². The molecule has 0 radical (unpaired) electrons. The molecule has 1 saturated heterocycles. The Hall–Kier alpha value is -1.30. The van der Waals surface area contributed by atoms with E-state index in [2.05, 4.69) is 4.90 Å². The summed E-state index contributed by atoms with van der Waals surface area (Å²) in [6.45, 7) is 8.08. The highest BCUT2D eigenvalue weighted by atomic mass is 16.6. The lowest BCUT2D eigenvalue weighted by molar-refractivity contribution is -0.129. The quantitative estimate of drug-likeness (QED) is 0.824. The summed E-state index contributed by atoms with van der Waals surface area (Å²) < 4.78 is 5.45. The number of rotatable bonds is 5. The number of piperidine rings is 1. The minimum Gasteiger partial charge on any atom is -0.444 e. The predicted octanol–water partition coefficient (Wildman–Crippen LogP) is 2.75. The molecule has 6 nitrogen and oxygen atoms in total. The van der Waals surface area contributed by atoms with Gasteiger partial charge in [0.25, 0.3) is 0 Å². The average molecular weight is 354 g/mol. The van der Waals surface area contributed by atoms with E-state index >= 15 is 0 Å². The van der Waals surface area contributed by atoms with Gasteiger partial charge in [-0.15, -0.1) is 0 Å². The maximum absolute atomic E-state index is 12.1.